The summed E-state index contributed by atoms with van der Waals surface area (Å²) in [5.41, 5.74) is -0.473. The monoisotopic (exact) mass is 817 g/mol. The lowest BCUT2D eigenvalue weighted by Gasteiger charge is -2.23. The maximum absolute atomic E-state index is 15.2. The van der Waals surface area contributed by atoms with E-state index in [0.29, 0.717) is 22.7 Å². The number of sulfonamides is 1. The molecule has 55 heavy (non-hydrogen) atoms. The van der Waals surface area contributed by atoms with Crippen molar-refractivity contribution in [2.45, 2.75) is 56.7 Å². The van der Waals surface area contributed by atoms with Crippen LogP contribution in [-0.4, -0.2) is 55.8 Å². The highest BCUT2D eigenvalue weighted by Crippen LogP contribution is 2.51. The van der Waals surface area contributed by atoms with Gasteiger partial charge in [0.15, 0.2) is 11.0 Å². The molecule has 1 amide bonds. The molecule has 11 nitrogen and oxygen atoms in total. The zero-order valence-corrected chi connectivity index (χ0v) is 32.0. The highest BCUT2D eigenvalue weighted by Gasteiger charge is 2.49. The van der Waals surface area contributed by atoms with Crippen LogP contribution in [0.15, 0.2) is 55.1 Å². The summed E-state index contributed by atoms with van der Waals surface area (Å²) in [6, 6.07) is 7.88. The second-order valence-corrected chi connectivity index (χ2v) is 16.2. The second kappa shape index (κ2) is 14.6. The van der Waals surface area contributed by atoms with Gasteiger partial charge >= 0.3 is 0 Å². The highest BCUT2D eigenvalue weighted by molar-refractivity contribution is 7.92. The number of fused-ring (bicyclic) bond motifs is 2. The predicted molar refractivity (Wildman–Crippen MR) is 200 cm³/mol. The Morgan fingerprint density at radius 3 is 2.45 bits per heavy atom. The number of carbonyl (C=O) groups is 1. The number of hydrogen-bond donors (Lipinski definition) is 3. The smallest absolute Gasteiger partial charge is 0.290 e. The van der Waals surface area contributed by atoms with E-state index in [1.807, 2.05) is 0 Å². The number of aryl methyl sites for hydroxylation is 1. The van der Waals surface area contributed by atoms with Crippen molar-refractivity contribution in [3.8, 4) is 23.0 Å². The van der Waals surface area contributed by atoms with E-state index in [0.717, 1.165) is 23.1 Å². The van der Waals surface area contributed by atoms with Crippen LogP contribution in [0, 0.1) is 23.5 Å². The first-order chi connectivity index (χ1) is 25.6. The number of halogens is 6. The van der Waals surface area contributed by atoms with E-state index in [1.54, 1.807) is 19.2 Å². The summed E-state index contributed by atoms with van der Waals surface area (Å²) in [5, 5.41) is 21.7. The number of amides is 1. The van der Waals surface area contributed by atoms with E-state index >= 15 is 8.78 Å². The van der Waals surface area contributed by atoms with E-state index in [1.165, 1.54) is 36.7 Å². The number of hydrogen-bond acceptors (Lipinski definition) is 7. The molecule has 0 radical (unpaired) electrons. The highest BCUT2D eigenvalue weighted by atomic mass is 35.5. The Morgan fingerprint density at radius 1 is 1.15 bits per heavy atom. The van der Waals surface area contributed by atoms with Gasteiger partial charge in [-0.1, -0.05) is 41.3 Å². The summed E-state index contributed by atoms with van der Waals surface area (Å²) in [6.45, 7) is 5.83. The molecule has 0 aliphatic heterocycles. The van der Waals surface area contributed by atoms with Gasteiger partial charge in [0.2, 0.25) is 15.9 Å². The molecule has 3 aromatic heterocycles. The van der Waals surface area contributed by atoms with Crippen molar-refractivity contribution in [3.63, 3.8) is 0 Å². The SMILES string of the molecule is C=C[C@H]1CC(F)(F)c2c1c(Cl)nn2CC(=O)N[C@@H](Cc1cc(F)cc(F)c1)c1nc(C#CC(C)(C)O)ccc1-c1ccc(Cl)c2c(NS(C)(=O)=O)nn(C)c12. The molecule has 0 saturated carbocycles. The van der Waals surface area contributed by atoms with Gasteiger partial charge in [0.05, 0.1) is 33.9 Å². The molecule has 6 rings (SSSR count). The largest absolute Gasteiger partial charge is 0.378 e. The average Bonchev–Trinajstić information content (AvgIpc) is 3.67. The number of pyridine rings is 1. The number of alkyl halides is 2. The third kappa shape index (κ3) is 8.50. The first-order valence-corrected chi connectivity index (χ1v) is 19.2. The van der Waals surface area contributed by atoms with E-state index < -0.39 is 69.7 Å². The Hall–Kier alpha value is -4.95. The molecule has 0 spiro atoms. The topological polar surface area (TPSA) is 144 Å². The number of allylic oxidation sites excluding steroid dienone is 1. The van der Waals surface area contributed by atoms with E-state index in [4.69, 9.17) is 28.2 Å². The van der Waals surface area contributed by atoms with Gasteiger partial charge in [0.25, 0.3) is 5.92 Å². The minimum absolute atomic E-state index is 0.0602. The molecule has 1 aliphatic rings. The van der Waals surface area contributed by atoms with Crippen LogP contribution in [0.4, 0.5) is 23.4 Å². The zero-order chi connectivity index (χ0) is 40.2. The van der Waals surface area contributed by atoms with Gasteiger partial charge in [-0.2, -0.15) is 19.0 Å². The average molecular weight is 819 g/mol. The van der Waals surface area contributed by atoms with Crippen LogP contribution in [-0.2, 0) is 40.8 Å². The van der Waals surface area contributed by atoms with Crippen molar-refractivity contribution >= 4 is 55.9 Å². The number of rotatable bonds is 10. The molecular formula is C37H33Cl2F4N7O4S. The van der Waals surface area contributed by atoms with Crippen LogP contribution >= 0.6 is 23.2 Å². The second-order valence-electron chi connectivity index (χ2n) is 13.7. The Kier molecular flexibility index (Phi) is 10.6. The van der Waals surface area contributed by atoms with Gasteiger partial charge in [0.1, 0.15) is 35.2 Å². The van der Waals surface area contributed by atoms with E-state index in [2.05, 4.69) is 38.7 Å². The van der Waals surface area contributed by atoms with Crippen molar-refractivity contribution in [3.05, 3.63) is 105 Å². The summed E-state index contributed by atoms with van der Waals surface area (Å²) in [7, 11) is -2.24. The minimum Gasteiger partial charge on any atom is -0.378 e. The molecule has 3 N–H and O–H groups in total. The van der Waals surface area contributed by atoms with Gasteiger partial charge < -0.3 is 10.4 Å². The summed E-state index contributed by atoms with van der Waals surface area (Å²) in [4.78, 5) is 18.7. The molecule has 18 heteroatoms. The Balaban J connectivity index is 1.53. The fourth-order valence-corrected chi connectivity index (χ4v) is 7.66. The Bertz CT molecular complexity index is 2540. The fourth-order valence-electron chi connectivity index (χ4n) is 6.61. The first-order valence-electron chi connectivity index (χ1n) is 16.6. The predicted octanol–water partition coefficient (Wildman–Crippen LogP) is 6.78. The molecule has 2 aromatic carbocycles. The maximum atomic E-state index is 15.2. The number of nitrogens with zero attached hydrogens (tertiary/aromatic N) is 5. The molecule has 0 saturated heterocycles. The van der Waals surface area contributed by atoms with Gasteiger partial charge in [-0.25, -0.2) is 22.2 Å². The van der Waals surface area contributed by atoms with Crippen LogP contribution in [0.1, 0.15) is 60.4 Å². The molecule has 3 heterocycles. The standard InChI is InChI=1S/C37H33Cl2F4N7O4S/c1-6-20-17-37(42,43)33-29(20)34(39)46-50(33)18-28(51)45-27(15-19-13-21(40)16-22(41)14-19)31-24(8-7-23(44-31)11-12-36(2,3)52)25-9-10-26(38)30-32(25)49(4)47-35(30)48-55(5,53)54/h6-10,13-14,16,20,27,52H,1,15,17-18H2,2-5H3,(H,45,51)(H,47,48)/t20-,27-/m0/s1. The zero-order valence-electron chi connectivity index (χ0n) is 29.7. The van der Waals surface area contributed by atoms with Gasteiger partial charge in [-0.15, -0.1) is 6.58 Å². The van der Waals surface area contributed by atoms with Crippen molar-refractivity contribution in [2.24, 2.45) is 7.05 Å². The lowest BCUT2D eigenvalue weighted by molar-refractivity contribution is -0.122. The molecule has 2 atom stereocenters. The van der Waals surface area contributed by atoms with E-state index in [-0.39, 0.29) is 50.3 Å². The van der Waals surface area contributed by atoms with Crippen LogP contribution in [0.2, 0.25) is 10.2 Å². The summed E-state index contributed by atoms with van der Waals surface area (Å²) in [5.74, 6) is -1.37. The van der Waals surface area contributed by atoms with Crippen LogP contribution in [0.3, 0.4) is 0 Å². The van der Waals surface area contributed by atoms with Crippen LogP contribution in [0.25, 0.3) is 22.0 Å². The third-order valence-electron chi connectivity index (χ3n) is 8.67. The van der Waals surface area contributed by atoms with Crippen molar-refractivity contribution in [1.29, 1.82) is 0 Å². The normalized spacial score (nSPS) is 15.7. The molecule has 0 unspecified atom stereocenters. The number of carbonyl (C=O) groups excluding carboxylic acids is 1. The summed E-state index contributed by atoms with van der Waals surface area (Å²) in [6.07, 6.45) is 1.42. The first kappa shape index (κ1) is 39.7. The number of benzene rings is 2. The lowest BCUT2D eigenvalue weighted by atomic mass is 9.93. The number of aliphatic hydroxyl groups is 1. The summed E-state index contributed by atoms with van der Waals surface area (Å²) < 4.78 is 88.6. The Morgan fingerprint density at radius 2 is 1.82 bits per heavy atom. The lowest BCUT2D eigenvalue weighted by Crippen LogP contribution is -2.35. The van der Waals surface area contributed by atoms with Crippen LogP contribution < -0.4 is 10.0 Å². The van der Waals surface area contributed by atoms with Crippen molar-refractivity contribution in [2.75, 3.05) is 11.0 Å². The molecule has 288 valence electrons. The Labute approximate surface area is 323 Å². The van der Waals surface area contributed by atoms with Gasteiger partial charge in [-0.05, 0) is 62.1 Å². The molecular weight excluding hydrogens is 785 g/mol. The quantitative estimate of drug-likeness (QED) is 0.0802. The number of nitrogens with one attached hydrogen (secondary N) is 2. The van der Waals surface area contributed by atoms with Gasteiger partial charge in [-0.3, -0.25) is 18.9 Å². The molecule has 0 fully saturated rings. The molecule has 5 aromatic rings. The molecule has 1 aliphatic carbocycles. The van der Waals surface area contributed by atoms with E-state index in [9.17, 15) is 27.1 Å². The molecule has 0 bridgehead atoms. The number of aromatic nitrogens is 5. The minimum atomic E-state index is -3.80. The fraction of sp³-hybridized carbons (Fsp3) is 0.297. The van der Waals surface area contributed by atoms with Gasteiger partial charge in [0, 0.05) is 42.1 Å². The van der Waals surface area contributed by atoms with Crippen molar-refractivity contribution < 1.29 is 35.9 Å². The van der Waals surface area contributed by atoms with Crippen molar-refractivity contribution in [1.82, 2.24) is 29.9 Å². The summed E-state index contributed by atoms with van der Waals surface area (Å²) >= 11 is 12.9. The number of anilines is 1. The third-order valence-corrected chi connectivity index (χ3v) is 9.83. The maximum Gasteiger partial charge on any atom is 0.290 e. The van der Waals surface area contributed by atoms with Crippen LogP contribution in [0.5, 0.6) is 0 Å².